The van der Waals surface area contributed by atoms with Gasteiger partial charge in [0.15, 0.2) is 6.61 Å². The quantitative estimate of drug-likeness (QED) is 0.633. The minimum atomic E-state index is -0.606. The summed E-state index contributed by atoms with van der Waals surface area (Å²) in [4.78, 5) is 27.7. The lowest BCUT2D eigenvalue weighted by Gasteiger charge is -2.31. The molecule has 2 aromatic carbocycles. The summed E-state index contributed by atoms with van der Waals surface area (Å²) in [5.41, 5.74) is 1.87. The molecular formula is C25H31ClN2O3. The van der Waals surface area contributed by atoms with Crippen LogP contribution in [-0.2, 0) is 16.1 Å². The van der Waals surface area contributed by atoms with Crippen LogP contribution in [0.2, 0.25) is 5.02 Å². The van der Waals surface area contributed by atoms with E-state index in [9.17, 15) is 9.59 Å². The van der Waals surface area contributed by atoms with Crippen LogP contribution in [-0.4, -0.2) is 35.4 Å². The minimum absolute atomic E-state index is 0.120. The van der Waals surface area contributed by atoms with Crippen molar-refractivity contribution in [2.75, 3.05) is 6.61 Å². The van der Waals surface area contributed by atoms with Crippen molar-refractivity contribution in [2.45, 2.75) is 64.6 Å². The second-order valence-electron chi connectivity index (χ2n) is 8.22. The molecule has 0 bridgehead atoms. The molecule has 1 atom stereocenters. The number of halogens is 1. The van der Waals surface area contributed by atoms with Crippen LogP contribution in [0.3, 0.4) is 0 Å². The van der Waals surface area contributed by atoms with Gasteiger partial charge in [-0.2, -0.15) is 0 Å². The average molecular weight is 443 g/mol. The van der Waals surface area contributed by atoms with Crippen LogP contribution in [0.4, 0.5) is 0 Å². The Morgan fingerprint density at radius 3 is 2.45 bits per heavy atom. The summed E-state index contributed by atoms with van der Waals surface area (Å²) in [5, 5.41) is 3.77. The van der Waals surface area contributed by atoms with Gasteiger partial charge >= 0.3 is 0 Å². The summed E-state index contributed by atoms with van der Waals surface area (Å²) in [6, 6.07) is 14.5. The van der Waals surface area contributed by atoms with Crippen molar-refractivity contribution < 1.29 is 14.3 Å². The van der Waals surface area contributed by atoms with E-state index in [2.05, 4.69) is 5.32 Å². The van der Waals surface area contributed by atoms with Gasteiger partial charge in [0.25, 0.3) is 5.91 Å². The third-order valence-electron chi connectivity index (χ3n) is 5.83. The van der Waals surface area contributed by atoms with E-state index in [1.165, 1.54) is 6.42 Å². The summed E-state index contributed by atoms with van der Waals surface area (Å²) >= 11 is 6.00. The topological polar surface area (TPSA) is 58.6 Å². The monoisotopic (exact) mass is 442 g/mol. The first-order chi connectivity index (χ1) is 14.9. The van der Waals surface area contributed by atoms with E-state index in [4.69, 9.17) is 16.3 Å². The number of nitrogens with one attached hydrogen (secondary N) is 1. The second kappa shape index (κ2) is 11.2. The molecule has 31 heavy (non-hydrogen) atoms. The predicted octanol–water partition coefficient (Wildman–Crippen LogP) is 4.89. The van der Waals surface area contributed by atoms with Gasteiger partial charge in [-0.15, -0.1) is 0 Å². The molecule has 2 aromatic rings. The molecular weight excluding hydrogens is 412 g/mol. The van der Waals surface area contributed by atoms with E-state index in [0.717, 1.165) is 36.8 Å². The minimum Gasteiger partial charge on any atom is -0.484 e. The molecule has 1 aliphatic carbocycles. The molecule has 6 heteroatoms. The fourth-order valence-electron chi connectivity index (χ4n) is 3.88. The molecule has 0 saturated heterocycles. The van der Waals surface area contributed by atoms with E-state index < -0.39 is 6.04 Å². The van der Waals surface area contributed by atoms with Crippen LogP contribution in [0.15, 0.2) is 48.5 Å². The first-order valence-corrected chi connectivity index (χ1v) is 11.3. The highest BCUT2D eigenvalue weighted by Gasteiger charge is 2.28. The molecule has 0 heterocycles. The van der Waals surface area contributed by atoms with Gasteiger partial charge in [-0.05, 0) is 56.0 Å². The number of benzene rings is 2. The maximum absolute atomic E-state index is 13.1. The van der Waals surface area contributed by atoms with Gasteiger partial charge < -0.3 is 15.0 Å². The van der Waals surface area contributed by atoms with Crippen LogP contribution < -0.4 is 10.1 Å². The summed E-state index contributed by atoms with van der Waals surface area (Å²) in [6.45, 7) is 3.90. The lowest BCUT2D eigenvalue weighted by atomic mass is 9.95. The second-order valence-corrected chi connectivity index (χ2v) is 8.66. The van der Waals surface area contributed by atoms with E-state index in [1.54, 1.807) is 24.0 Å². The van der Waals surface area contributed by atoms with E-state index in [-0.39, 0.29) is 24.5 Å². The predicted molar refractivity (Wildman–Crippen MR) is 123 cm³/mol. The van der Waals surface area contributed by atoms with E-state index >= 15 is 0 Å². The molecule has 1 N–H and O–H groups in total. The molecule has 1 saturated carbocycles. The van der Waals surface area contributed by atoms with Crippen molar-refractivity contribution in [3.05, 3.63) is 64.7 Å². The van der Waals surface area contributed by atoms with Crippen LogP contribution in [0.25, 0.3) is 0 Å². The van der Waals surface area contributed by atoms with Crippen molar-refractivity contribution in [1.82, 2.24) is 10.2 Å². The summed E-state index contributed by atoms with van der Waals surface area (Å²) < 4.78 is 5.77. The molecule has 0 radical (unpaired) electrons. The number of rotatable bonds is 8. The SMILES string of the molecule is Cc1ccccc1OCC(=O)N(Cc1ccc(Cl)cc1)C(C)C(=O)NC1CCCCC1. The summed E-state index contributed by atoms with van der Waals surface area (Å²) in [7, 11) is 0. The molecule has 2 amide bonds. The van der Waals surface area contributed by atoms with Crippen molar-refractivity contribution in [3.63, 3.8) is 0 Å². The molecule has 0 spiro atoms. The maximum atomic E-state index is 13.1. The van der Waals surface area contributed by atoms with Crippen molar-refractivity contribution >= 4 is 23.4 Å². The Kier molecular flexibility index (Phi) is 8.35. The fourth-order valence-corrected chi connectivity index (χ4v) is 4.00. The molecule has 1 unspecified atom stereocenters. The molecule has 0 aliphatic heterocycles. The van der Waals surface area contributed by atoms with Gasteiger partial charge in [0.1, 0.15) is 11.8 Å². The average Bonchev–Trinajstić information content (AvgIpc) is 2.78. The van der Waals surface area contributed by atoms with Gasteiger partial charge in [0.05, 0.1) is 0 Å². The Labute approximate surface area is 189 Å². The molecule has 1 aliphatic rings. The third-order valence-corrected chi connectivity index (χ3v) is 6.08. The molecule has 166 valence electrons. The fraction of sp³-hybridized carbons (Fsp3) is 0.440. The Bertz CT molecular complexity index is 879. The lowest BCUT2D eigenvalue weighted by molar-refractivity contribution is -0.142. The van der Waals surface area contributed by atoms with Crippen LogP contribution in [0.1, 0.15) is 50.2 Å². The highest BCUT2D eigenvalue weighted by molar-refractivity contribution is 6.30. The Morgan fingerprint density at radius 1 is 1.10 bits per heavy atom. The van der Waals surface area contributed by atoms with Gasteiger partial charge in [0.2, 0.25) is 5.91 Å². The van der Waals surface area contributed by atoms with Crippen molar-refractivity contribution in [1.29, 1.82) is 0 Å². The zero-order valence-corrected chi connectivity index (χ0v) is 19.0. The summed E-state index contributed by atoms with van der Waals surface area (Å²) in [5.74, 6) is 0.316. The van der Waals surface area contributed by atoms with Crippen LogP contribution in [0.5, 0.6) is 5.75 Å². The van der Waals surface area contributed by atoms with Gasteiger partial charge in [-0.1, -0.05) is 61.2 Å². The smallest absolute Gasteiger partial charge is 0.261 e. The van der Waals surface area contributed by atoms with Crippen LogP contribution >= 0.6 is 11.6 Å². The standard InChI is InChI=1S/C25H31ClN2O3/c1-18-8-6-7-11-23(18)31-17-24(29)28(16-20-12-14-21(26)15-13-20)19(2)25(30)27-22-9-4-3-5-10-22/h6-8,11-15,19,22H,3-5,9-10,16-17H2,1-2H3,(H,27,30). The zero-order valence-electron chi connectivity index (χ0n) is 18.3. The molecule has 0 aromatic heterocycles. The highest BCUT2D eigenvalue weighted by Crippen LogP contribution is 2.20. The summed E-state index contributed by atoms with van der Waals surface area (Å²) in [6.07, 6.45) is 5.49. The number of aryl methyl sites for hydroxylation is 1. The third kappa shape index (κ3) is 6.73. The van der Waals surface area contributed by atoms with E-state index in [1.807, 2.05) is 43.3 Å². The Morgan fingerprint density at radius 2 is 1.77 bits per heavy atom. The Balaban J connectivity index is 1.70. The Hall–Kier alpha value is -2.53. The van der Waals surface area contributed by atoms with Crippen molar-refractivity contribution in [3.8, 4) is 5.75 Å². The highest BCUT2D eigenvalue weighted by atomic mass is 35.5. The van der Waals surface area contributed by atoms with Gasteiger partial charge in [-0.25, -0.2) is 0 Å². The van der Waals surface area contributed by atoms with Gasteiger partial charge in [0, 0.05) is 17.6 Å². The maximum Gasteiger partial charge on any atom is 0.261 e. The number of carbonyl (C=O) groups is 2. The first kappa shape index (κ1) is 23.1. The number of nitrogens with zero attached hydrogens (tertiary/aromatic N) is 1. The zero-order chi connectivity index (χ0) is 22.2. The first-order valence-electron chi connectivity index (χ1n) is 11.0. The normalized spacial score (nSPS) is 15.2. The molecule has 3 rings (SSSR count). The largest absolute Gasteiger partial charge is 0.484 e. The molecule has 5 nitrogen and oxygen atoms in total. The number of carbonyl (C=O) groups excluding carboxylic acids is 2. The number of amides is 2. The number of ether oxygens (including phenoxy) is 1. The lowest BCUT2D eigenvalue weighted by Crippen LogP contribution is -2.51. The number of hydrogen-bond donors (Lipinski definition) is 1. The number of para-hydroxylation sites is 1. The molecule has 1 fully saturated rings. The van der Waals surface area contributed by atoms with Gasteiger partial charge in [-0.3, -0.25) is 9.59 Å². The number of hydrogen-bond acceptors (Lipinski definition) is 3. The van der Waals surface area contributed by atoms with Crippen molar-refractivity contribution in [2.24, 2.45) is 0 Å². The van der Waals surface area contributed by atoms with E-state index in [0.29, 0.717) is 17.3 Å². The van der Waals surface area contributed by atoms with Crippen LogP contribution in [0, 0.1) is 6.92 Å².